The highest BCUT2D eigenvalue weighted by molar-refractivity contribution is 5.88. The molecule has 1 nitrogen and oxygen atoms in total. The Balaban J connectivity index is 1.76. The zero-order valence-corrected chi connectivity index (χ0v) is 15.9. The van der Waals surface area contributed by atoms with Crippen LogP contribution in [0.2, 0.25) is 0 Å². The second-order valence-corrected chi connectivity index (χ2v) is 6.94. The summed E-state index contributed by atoms with van der Waals surface area (Å²) in [5.41, 5.74) is 4.32. The third kappa shape index (κ3) is 5.37. The summed E-state index contributed by atoms with van der Waals surface area (Å²) in [5, 5.41) is 2.41. The molecule has 138 valence electrons. The number of unbranched alkanes of at least 4 members (excludes halogenated alkanes) is 1. The van der Waals surface area contributed by atoms with Crippen LogP contribution in [0.15, 0.2) is 73.3 Å². The van der Waals surface area contributed by atoms with Crippen molar-refractivity contribution in [2.24, 2.45) is 0 Å². The van der Waals surface area contributed by atoms with Gasteiger partial charge < -0.3 is 0 Å². The van der Waals surface area contributed by atoms with Crippen LogP contribution in [-0.4, -0.2) is 11.2 Å². The van der Waals surface area contributed by atoms with E-state index in [1.165, 1.54) is 16.3 Å². The van der Waals surface area contributed by atoms with E-state index >= 15 is 0 Å². The number of alkyl halides is 1. The number of fused-ring (bicyclic) bond motifs is 1. The highest BCUT2D eigenvalue weighted by Crippen LogP contribution is 2.25. The van der Waals surface area contributed by atoms with Crippen LogP contribution in [0.3, 0.4) is 0 Å². The van der Waals surface area contributed by atoms with Gasteiger partial charge in [0, 0.05) is 17.7 Å². The largest absolute Gasteiger partial charge is 0.253 e. The van der Waals surface area contributed by atoms with Crippen LogP contribution in [0.5, 0.6) is 0 Å². The molecule has 3 rings (SSSR count). The molecular formula is C25H26FN. The lowest BCUT2D eigenvalue weighted by molar-refractivity contribution is 0.335. The molecule has 0 fully saturated rings. The first-order valence-electron chi connectivity index (χ1n) is 9.57. The molecule has 1 unspecified atom stereocenters. The minimum atomic E-state index is -0.708. The molecule has 1 atom stereocenters. The Morgan fingerprint density at radius 1 is 1.07 bits per heavy atom. The van der Waals surface area contributed by atoms with E-state index in [1.54, 1.807) is 6.92 Å². The second kappa shape index (κ2) is 9.27. The van der Waals surface area contributed by atoms with Crippen LogP contribution >= 0.6 is 0 Å². The topological polar surface area (TPSA) is 12.9 Å². The van der Waals surface area contributed by atoms with E-state index in [1.807, 2.05) is 24.3 Å². The first kappa shape index (κ1) is 19.0. The van der Waals surface area contributed by atoms with E-state index in [9.17, 15) is 4.39 Å². The van der Waals surface area contributed by atoms with Gasteiger partial charge in [-0.25, -0.2) is 4.39 Å². The molecule has 0 aliphatic carbocycles. The van der Waals surface area contributed by atoms with Crippen LogP contribution in [0, 0.1) is 0 Å². The third-order valence-electron chi connectivity index (χ3n) is 4.60. The van der Waals surface area contributed by atoms with Gasteiger partial charge >= 0.3 is 0 Å². The van der Waals surface area contributed by atoms with Gasteiger partial charge in [0.1, 0.15) is 0 Å². The number of pyridine rings is 1. The molecule has 2 heteroatoms. The van der Waals surface area contributed by atoms with Crippen molar-refractivity contribution >= 4 is 16.8 Å². The van der Waals surface area contributed by atoms with Crippen molar-refractivity contribution in [1.29, 1.82) is 0 Å². The molecule has 0 saturated carbocycles. The summed E-state index contributed by atoms with van der Waals surface area (Å²) in [7, 11) is 0. The molecule has 0 bridgehead atoms. The molecule has 3 aromatic rings. The summed E-state index contributed by atoms with van der Waals surface area (Å²) < 4.78 is 12.8. The summed E-state index contributed by atoms with van der Waals surface area (Å²) in [5.74, 6) is 0. The molecule has 1 aromatic heterocycles. The lowest BCUT2D eigenvalue weighted by atomic mass is 10.0. The maximum absolute atomic E-state index is 12.8. The number of hydrogen-bond donors (Lipinski definition) is 0. The van der Waals surface area contributed by atoms with Crippen molar-refractivity contribution in [1.82, 2.24) is 4.98 Å². The number of hydrogen-bond acceptors (Lipinski definition) is 1. The van der Waals surface area contributed by atoms with Crippen LogP contribution in [0.4, 0.5) is 4.39 Å². The number of nitrogens with zero attached hydrogens (tertiary/aromatic N) is 1. The summed E-state index contributed by atoms with van der Waals surface area (Å²) in [4.78, 5) is 4.72. The number of rotatable bonds is 8. The van der Waals surface area contributed by atoms with Gasteiger partial charge in [-0.3, -0.25) is 4.98 Å². The van der Waals surface area contributed by atoms with Gasteiger partial charge in [0.25, 0.3) is 0 Å². The van der Waals surface area contributed by atoms with E-state index in [0.29, 0.717) is 6.42 Å². The fraction of sp³-hybridized carbons (Fsp3) is 0.240. The SMILES string of the molecule is C=CCc1cccc(-c2ccc3cc(C=CCCCC(C)F)ccc3c2)n1. The lowest BCUT2D eigenvalue weighted by Gasteiger charge is -2.06. The van der Waals surface area contributed by atoms with Gasteiger partial charge in [-0.1, -0.05) is 48.6 Å². The quantitative estimate of drug-likeness (QED) is 0.307. The monoisotopic (exact) mass is 359 g/mol. The fourth-order valence-corrected chi connectivity index (χ4v) is 3.17. The summed E-state index contributed by atoms with van der Waals surface area (Å²) in [6.45, 7) is 5.40. The molecule has 2 aromatic carbocycles. The van der Waals surface area contributed by atoms with Gasteiger partial charge in [-0.2, -0.15) is 0 Å². The molecule has 0 aliphatic heterocycles. The molecule has 0 spiro atoms. The Hall–Kier alpha value is -2.74. The van der Waals surface area contributed by atoms with Crippen molar-refractivity contribution in [2.75, 3.05) is 0 Å². The Morgan fingerprint density at radius 2 is 1.89 bits per heavy atom. The van der Waals surface area contributed by atoms with Crippen molar-refractivity contribution in [3.63, 3.8) is 0 Å². The third-order valence-corrected chi connectivity index (χ3v) is 4.60. The second-order valence-electron chi connectivity index (χ2n) is 6.94. The zero-order chi connectivity index (χ0) is 19.1. The Bertz CT molecular complexity index is 940. The molecule has 0 amide bonds. The van der Waals surface area contributed by atoms with Gasteiger partial charge in [-0.15, -0.1) is 6.58 Å². The van der Waals surface area contributed by atoms with Crippen LogP contribution in [0.25, 0.3) is 28.1 Å². The Labute approximate surface area is 161 Å². The van der Waals surface area contributed by atoms with E-state index in [4.69, 9.17) is 4.98 Å². The molecular weight excluding hydrogens is 333 g/mol. The number of benzene rings is 2. The van der Waals surface area contributed by atoms with Gasteiger partial charge in [0.15, 0.2) is 0 Å². The lowest BCUT2D eigenvalue weighted by Crippen LogP contribution is -1.90. The van der Waals surface area contributed by atoms with Crippen molar-refractivity contribution in [3.8, 4) is 11.3 Å². The molecule has 27 heavy (non-hydrogen) atoms. The highest BCUT2D eigenvalue weighted by Gasteiger charge is 2.03. The maximum atomic E-state index is 12.8. The standard InChI is InChI=1S/C25H26FN/c1-3-8-24-11-7-12-25(27-24)23-16-15-21-17-20(13-14-22(21)18-23)10-6-4-5-9-19(2)26/h3,6-7,10-19H,1,4-5,8-9H2,2H3. The van der Waals surface area contributed by atoms with Gasteiger partial charge in [-0.05, 0) is 66.8 Å². The minimum absolute atomic E-state index is 0.632. The predicted molar refractivity (Wildman–Crippen MR) is 115 cm³/mol. The van der Waals surface area contributed by atoms with Crippen LogP contribution < -0.4 is 0 Å². The zero-order valence-electron chi connectivity index (χ0n) is 15.9. The van der Waals surface area contributed by atoms with Crippen LogP contribution in [0.1, 0.15) is 37.4 Å². The Morgan fingerprint density at radius 3 is 2.70 bits per heavy atom. The molecule has 0 N–H and O–H groups in total. The summed E-state index contributed by atoms with van der Waals surface area (Å²) in [6, 6.07) is 19.0. The fourth-order valence-electron chi connectivity index (χ4n) is 3.17. The molecule has 1 heterocycles. The molecule has 0 aliphatic rings. The average Bonchev–Trinajstić information content (AvgIpc) is 2.67. The van der Waals surface area contributed by atoms with Gasteiger partial charge in [0.05, 0.1) is 11.9 Å². The minimum Gasteiger partial charge on any atom is -0.253 e. The van der Waals surface area contributed by atoms with Crippen LogP contribution in [-0.2, 0) is 6.42 Å². The van der Waals surface area contributed by atoms with E-state index < -0.39 is 6.17 Å². The average molecular weight is 359 g/mol. The Kier molecular flexibility index (Phi) is 6.54. The molecule has 0 saturated heterocycles. The van der Waals surface area contributed by atoms with Crippen molar-refractivity contribution in [2.45, 2.75) is 38.8 Å². The summed E-state index contributed by atoms with van der Waals surface area (Å²) >= 11 is 0. The van der Waals surface area contributed by atoms with Gasteiger partial charge in [0.2, 0.25) is 0 Å². The summed E-state index contributed by atoms with van der Waals surface area (Å²) in [6.07, 6.45) is 8.64. The van der Waals surface area contributed by atoms with E-state index in [-0.39, 0.29) is 0 Å². The normalized spacial score (nSPS) is 12.5. The smallest absolute Gasteiger partial charge is 0.0973 e. The first-order chi connectivity index (χ1) is 13.2. The van der Waals surface area contributed by atoms with E-state index in [2.05, 4.69) is 55.1 Å². The maximum Gasteiger partial charge on any atom is 0.0973 e. The van der Waals surface area contributed by atoms with Crippen molar-refractivity contribution < 1.29 is 4.39 Å². The predicted octanol–water partition coefficient (Wildman–Crippen LogP) is 7.17. The number of halogens is 1. The first-order valence-corrected chi connectivity index (χ1v) is 9.57. The number of allylic oxidation sites excluding steroid dienone is 2. The molecule has 0 radical (unpaired) electrons. The highest BCUT2D eigenvalue weighted by atomic mass is 19.1. The van der Waals surface area contributed by atoms with E-state index in [0.717, 1.165) is 36.2 Å². The van der Waals surface area contributed by atoms with Crippen molar-refractivity contribution in [3.05, 3.63) is 84.6 Å². The number of aromatic nitrogens is 1.